The van der Waals surface area contributed by atoms with Gasteiger partial charge < -0.3 is 10.1 Å². The van der Waals surface area contributed by atoms with Crippen LogP contribution in [0.25, 0.3) is 0 Å². The molecule has 0 saturated heterocycles. The van der Waals surface area contributed by atoms with E-state index in [1.165, 1.54) is 11.1 Å². The minimum Gasteiger partial charge on any atom is -0.452 e. The summed E-state index contributed by atoms with van der Waals surface area (Å²) < 4.78 is 5.07. The monoisotopic (exact) mass is 329 g/mol. The topological polar surface area (TPSA) is 55.4 Å². The van der Waals surface area contributed by atoms with Crippen LogP contribution in [0.5, 0.6) is 0 Å². The Bertz CT molecular complexity index is 740. The van der Waals surface area contributed by atoms with Crippen LogP contribution in [0.2, 0.25) is 5.02 Å². The lowest BCUT2D eigenvalue weighted by atomic mass is 10.1. The first kappa shape index (κ1) is 15.6. The van der Waals surface area contributed by atoms with Crippen molar-refractivity contribution in [1.29, 1.82) is 0 Å². The van der Waals surface area contributed by atoms with E-state index < -0.39 is 5.97 Å². The summed E-state index contributed by atoms with van der Waals surface area (Å²) in [7, 11) is 0. The molecule has 0 heterocycles. The number of hydrogen-bond acceptors (Lipinski definition) is 3. The van der Waals surface area contributed by atoms with E-state index in [4.69, 9.17) is 16.3 Å². The highest BCUT2D eigenvalue weighted by atomic mass is 35.5. The highest BCUT2D eigenvalue weighted by Gasteiger charge is 2.15. The maximum atomic E-state index is 12.0. The first-order valence-electron chi connectivity index (χ1n) is 7.46. The maximum Gasteiger partial charge on any atom is 0.338 e. The van der Waals surface area contributed by atoms with Crippen molar-refractivity contribution in [2.24, 2.45) is 0 Å². The number of esters is 1. The average molecular weight is 330 g/mol. The van der Waals surface area contributed by atoms with Crippen LogP contribution in [-0.2, 0) is 22.4 Å². The zero-order valence-electron chi connectivity index (χ0n) is 12.5. The molecule has 1 N–H and O–H groups in total. The Kier molecular flexibility index (Phi) is 4.63. The molecule has 0 fully saturated rings. The standard InChI is InChI=1S/C18H16ClNO3/c19-15-6-8-16(9-7-15)20-17(21)11-23-18(22)14-5-4-12-2-1-3-13(12)10-14/h4-10H,1-3,11H2,(H,20,21). The van der Waals surface area contributed by atoms with Gasteiger partial charge in [0.1, 0.15) is 0 Å². The van der Waals surface area contributed by atoms with Gasteiger partial charge in [0, 0.05) is 10.7 Å². The molecule has 0 unspecified atom stereocenters. The fourth-order valence-electron chi connectivity index (χ4n) is 2.64. The molecule has 0 atom stereocenters. The van der Waals surface area contributed by atoms with E-state index in [1.807, 2.05) is 12.1 Å². The summed E-state index contributed by atoms with van der Waals surface area (Å²) in [6.07, 6.45) is 3.18. The van der Waals surface area contributed by atoms with E-state index in [1.54, 1.807) is 30.3 Å². The minimum atomic E-state index is -0.481. The number of fused-ring (bicyclic) bond motifs is 1. The molecule has 3 rings (SSSR count). The Morgan fingerprint density at radius 1 is 1.04 bits per heavy atom. The largest absolute Gasteiger partial charge is 0.452 e. The first-order chi connectivity index (χ1) is 11.1. The van der Waals surface area contributed by atoms with Crippen molar-refractivity contribution >= 4 is 29.2 Å². The van der Waals surface area contributed by atoms with Gasteiger partial charge in [0.2, 0.25) is 0 Å². The number of carbonyl (C=O) groups is 2. The molecule has 0 spiro atoms. The number of rotatable bonds is 4. The van der Waals surface area contributed by atoms with Crippen LogP contribution in [0.15, 0.2) is 42.5 Å². The Labute approximate surface area is 139 Å². The van der Waals surface area contributed by atoms with Gasteiger partial charge >= 0.3 is 5.97 Å². The van der Waals surface area contributed by atoms with Gasteiger partial charge in [-0.15, -0.1) is 0 Å². The summed E-state index contributed by atoms with van der Waals surface area (Å²) in [5, 5.41) is 3.23. The summed E-state index contributed by atoms with van der Waals surface area (Å²) in [6, 6.07) is 12.3. The highest BCUT2D eigenvalue weighted by molar-refractivity contribution is 6.30. The molecular formula is C18H16ClNO3. The Balaban J connectivity index is 1.54. The number of benzene rings is 2. The normalized spacial score (nSPS) is 12.6. The van der Waals surface area contributed by atoms with Gasteiger partial charge in [0.05, 0.1) is 5.56 Å². The third kappa shape index (κ3) is 3.90. The van der Waals surface area contributed by atoms with Crippen LogP contribution in [-0.4, -0.2) is 18.5 Å². The van der Waals surface area contributed by atoms with Crippen LogP contribution < -0.4 is 5.32 Å². The lowest BCUT2D eigenvalue weighted by molar-refractivity contribution is -0.119. The third-order valence-electron chi connectivity index (χ3n) is 3.80. The molecule has 23 heavy (non-hydrogen) atoms. The van der Waals surface area contributed by atoms with Gasteiger partial charge in [-0.25, -0.2) is 4.79 Å². The molecule has 0 bridgehead atoms. The molecular weight excluding hydrogens is 314 g/mol. The molecule has 5 heteroatoms. The van der Waals surface area contributed by atoms with Gasteiger partial charge in [0.25, 0.3) is 5.91 Å². The second-order valence-electron chi connectivity index (χ2n) is 5.47. The van der Waals surface area contributed by atoms with Crippen molar-refractivity contribution in [3.05, 3.63) is 64.2 Å². The molecule has 1 aliphatic carbocycles. The molecule has 0 saturated carbocycles. The zero-order valence-corrected chi connectivity index (χ0v) is 13.2. The molecule has 118 valence electrons. The Morgan fingerprint density at radius 2 is 1.78 bits per heavy atom. The number of nitrogens with one attached hydrogen (secondary N) is 1. The predicted molar refractivity (Wildman–Crippen MR) is 88.8 cm³/mol. The fourth-order valence-corrected chi connectivity index (χ4v) is 2.77. The number of amides is 1. The smallest absolute Gasteiger partial charge is 0.338 e. The number of hydrogen-bond donors (Lipinski definition) is 1. The number of ether oxygens (including phenoxy) is 1. The molecule has 1 amide bonds. The van der Waals surface area contributed by atoms with E-state index in [0.29, 0.717) is 16.3 Å². The molecule has 4 nitrogen and oxygen atoms in total. The van der Waals surface area contributed by atoms with E-state index in [0.717, 1.165) is 19.3 Å². The SMILES string of the molecule is O=C(COC(=O)c1ccc2c(c1)CCC2)Nc1ccc(Cl)cc1. The summed E-state index contributed by atoms with van der Waals surface area (Å²) in [6.45, 7) is -0.321. The van der Waals surface area contributed by atoms with Crippen LogP contribution in [0.3, 0.4) is 0 Å². The van der Waals surface area contributed by atoms with Crippen molar-refractivity contribution in [1.82, 2.24) is 0 Å². The van der Waals surface area contributed by atoms with E-state index in [9.17, 15) is 9.59 Å². The van der Waals surface area contributed by atoms with Crippen molar-refractivity contribution in [2.75, 3.05) is 11.9 Å². The van der Waals surface area contributed by atoms with E-state index >= 15 is 0 Å². The maximum absolute atomic E-state index is 12.0. The summed E-state index contributed by atoms with van der Waals surface area (Å²) in [4.78, 5) is 23.8. The Morgan fingerprint density at radius 3 is 2.57 bits per heavy atom. The molecule has 0 radical (unpaired) electrons. The van der Waals surface area contributed by atoms with Crippen molar-refractivity contribution in [3.63, 3.8) is 0 Å². The predicted octanol–water partition coefficient (Wildman–Crippen LogP) is 3.62. The Hall–Kier alpha value is -2.33. The van der Waals surface area contributed by atoms with Crippen LogP contribution in [0.1, 0.15) is 27.9 Å². The highest BCUT2D eigenvalue weighted by Crippen LogP contribution is 2.23. The van der Waals surface area contributed by atoms with Gasteiger partial charge in [-0.2, -0.15) is 0 Å². The van der Waals surface area contributed by atoms with Gasteiger partial charge in [-0.05, 0) is 66.8 Å². The first-order valence-corrected chi connectivity index (χ1v) is 7.84. The van der Waals surface area contributed by atoms with E-state index in [2.05, 4.69) is 5.32 Å². The lowest BCUT2D eigenvalue weighted by Gasteiger charge is -2.08. The van der Waals surface area contributed by atoms with Gasteiger partial charge in [-0.3, -0.25) is 4.79 Å². The second kappa shape index (κ2) is 6.84. The van der Waals surface area contributed by atoms with Crippen LogP contribution >= 0.6 is 11.6 Å². The zero-order chi connectivity index (χ0) is 16.2. The van der Waals surface area contributed by atoms with Crippen molar-refractivity contribution < 1.29 is 14.3 Å². The van der Waals surface area contributed by atoms with Crippen molar-refractivity contribution in [2.45, 2.75) is 19.3 Å². The summed E-state index contributed by atoms with van der Waals surface area (Å²) in [5.41, 5.74) is 3.59. The third-order valence-corrected chi connectivity index (χ3v) is 4.05. The number of anilines is 1. The number of carbonyl (C=O) groups excluding carboxylic acids is 2. The molecule has 1 aliphatic rings. The van der Waals surface area contributed by atoms with Crippen molar-refractivity contribution in [3.8, 4) is 0 Å². The molecule has 0 aromatic heterocycles. The van der Waals surface area contributed by atoms with Gasteiger partial charge in [-0.1, -0.05) is 17.7 Å². The molecule has 2 aromatic rings. The van der Waals surface area contributed by atoms with Crippen LogP contribution in [0.4, 0.5) is 5.69 Å². The summed E-state index contributed by atoms with van der Waals surface area (Å²) in [5.74, 6) is -0.868. The fraction of sp³-hybridized carbons (Fsp3) is 0.222. The number of halogens is 1. The lowest BCUT2D eigenvalue weighted by Crippen LogP contribution is -2.21. The van der Waals surface area contributed by atoms with E-state index in [-0.39, 0.29) is 12.5 Å². The average Bonchev–Trinajstić information content (AvgIpc) is 3.02. The second-order valence-corrected chi connectivity index (χ2v) is 5.90. The summed E-state index contributed by atoms with van der Waals surface area (Å²) >= 11 is 5.78. The van der Waals surface area contributed by atoms with Crippen LogP contribution in [0, 0.1) is 0 Å². The number of aryl methyl sites for hydroxylation is 2. The quantitative estimate of drug-likeness (QED) is 0.871. The molecule has 2 aromatic carbocycles. The molecule has 0 aliphatic heterocycles. The minimum absolute atomic E-state index is 0.321. The van der Waals surface area contributed by atoms with Gasteiger partial charge in [0.15, 0.2) is 6.61 Å².